The summed E-state index contributed by atoms with van der Waals surface area (Å²) in [6.45, 7) is 4.96. The Balaban J connectivity index is 2.15. The summed E-state index contributed by atoms with van der Waals surface area (Å²) in [5, 5.41) is 3.38. The van der Waals surface area contributed by atoms with E-state index in [1.165, 1.54) is 5.56 Å². The van der Waals surface area contributed by atoms with Gasteiger partial charge < -0.3 is 14.8 Å². The van der Waals surface area contributed by atoms with E-state index in [2.05, 4.69) is 48.4 Å². The molecular formula is C17H22N2O2. The highest BCUT2D eigenvalue weighted by Gasteiger charge is 2.10. The molecule has 112 valence electrons. The van der Waals surface area contributed by atoms with Crippen molar-refractivity contribution < 1.29 is 9.47 Å². The van der Waals surface area contributed by atoms with E-state index in [4.69, 9.17) is 9.47 Å². The van der Waals surface area contributed by atoms with Gasteiger partial charge in [-0.25, -0.2) is 0 Å². The summed E-state index contributed by atoms with van der Waals surface area (Å²) in [4.78, 5) is 4.36. The van der Waals surface area contributed by atoms with Gasteiger partial charge in [0.15, 0.2) is 11.5 Å². The lowest BCUT2D eigenvalue weighted by Gasteiger charge is -2.13. The van der Waals surface area contributed by atoms with Crippen LogP contribution in [0.2, 0.25) is 0 Å². The maximum atomic E-state index is 5.39. The molecule has 1 aromatic carbocycles. The molecule has 4 heteroatoms. The minimum absolute atomic E-state index is 0.510. The molecule has 21 heavy (non-hydrogen) atoms. The van der Waals surface area contributed by atoms with Gasteiger partial charge in [0.2, 0.25) is 0 Å². The Morgan fingerprint density at radius 3 is 2.62 bits per heavy atom. The standard InChI is InChI=1S/C17H22N2O2/c1-12(2)13-6-5-7-14(10-13)19-11-15-17(21-4)16(20-3)8-9-18-15/h5-10,12,19H,11H2,1-4H3. The zero-order chi connectivity index (χ0) is 15.2. The van der Waals surface area contributed by atoms with Crippen molar-refractivity contribution in [1.82, 2.24) is 4.98 Å². The summed E-state index contributed by atoms with van der Waals surface area (Å²) < 4.78 is 10.7. The summed E-state index contributed by atoms with van der Waals surface area (Å²) >= 11 is 0. The van der Waals surface area contributed by atoms with Gasteiger partial charge in [0, 0.05) is 18.0 Å². The molecule has 0 atom stereocenters. The predicted molar refractivity (Wildman–Crippen MR) is 85.2 cm³/mol. The van der Waals surface area contributed by atoms with Gasteiger partial charge in [0.1, 0.15) is 5.69 Å². The molecule has 0 radical (unpaired) electrons. The van der Waals surface area contributed by atoms with Crippen molar-refractivity contribution in [2.24, 2.45) is 0 Å². The van der Waals surface area contributed by atoms with Crippen LogP contribution < -0.4 is 14.8 Å². The number of benzene rings is 1. The van der Waals surface area contributed by atoms with E-state index < -0.39 is 0 Å². The molecule has 0 bridgehead atoms. The largest absolute Gasteiger partial charge is 0.493 e. The second-order valence-corrected chi connectivity index (χ2v) is 5.13. The topological polar surface area (TPSA) is 43.4 Å². The average Bonchev–Trinajstić information content (AvgIpc) is 2.52. The summed E-state index contributed by atoms with van der Waals surface area (Å²) in [5.41, 5.74) is 3.21. The lowest BCUT2D eigenvalue weighted by molar-refractivity contribution is 0.350. The van der Waals surface area contributed by atoms with E-state index in [-0.39, 0.29) is 0 Å². The molecule has 0 saturated heterocycles. The Bertz CT molecular complexity index is 597. The number of rotatable bonds is 6. The Morgan fingerprint density at radius 2 is 1.95 bits per heavy atom. The molecule has 0 aliphatic rings. The van der Waals surface area contributed by atoms with Crippen LogP contribution in [0.1, 0.15) is 31.0 Å². The number of anilines is 1. The van der Waals surface area contributed by atoms with Gasteiger partial charge in [-0.1, -0.05) is 26.0 Å². The Hall–Kier alpha value is -2.23. The molecule has 0 fully saturated rings. The number of aromatic nitrogens is 1. The van der Waals surface area contributed by atoms with Gasteiger partial charge in [-0.3, -0.25) is 4.98 Å². The molecule has 0 aliphatic heterocycles. The minimum Gasteiger partial charge on any atom is -0.493 e. The van der Waals surface area contributed by atoms with Crippen LogP contribution in [0, 0.1) is 0 Å². The van der Waals surface area contributed by atoms with Crippen LogP contribution in [0.25, 0.3) is 0 Å². The third kappa shape index (κ3) is 3.66. The number of hydrogen-bond acceptors (Lipinski definition) is 4. The summed E-state index contributed by atoms with van der Waals surface area (Å²) in [6.07, 6.45) is 1.73. The third-order valence-corrected chi connectivity index (χ3v) is 3.38. The highest BCUT2D eigenvalue weighted by atomic mass is 16.5. The van der Waals surface area contributed by atoms with Crippen molar-refractivity contribution in [2.45, 2.75) is 26.3 Å². The molecular weight excluding hydrogens is 264 g/mol. The summed E-state index contributed by atoms with van der Waals surface area (Å²) in [7, 11) is 3.25. The van der Waals surface area contributed by atoms with Crippen molar-refractivity contribution in [2.75, 3.05) is 19.5 Å². The zero-order valence-electron chi connectivity index (χ0n) is 13.0. The SMILES string of the molecule is COc1ccnc(CNc2cccc(C(C)C)c2)c1OC. The van der Waals surface area contributed by atoms with Crippen LogP contribution in [0.3, 0.4) is 0 Å². The van der Waals surface area contributed by atoms with Crippen LogP contribution in [0.5, 0.6) is 11.5 Å². The maximum Gasteiger partial charge on any atom is 0.184 e. The van der Waals surface area contributed by atoms with Gasteiger partial charge in [-0.2, -0.15) is 0 Å². The van der Waals surface area contributed by atoms with Crippen LogP contribution >= 0.6 is 0 Å². The second kappa shape index (κ2) is 6.97. The van der Waals surface area contributed by atoms with Gasteiger partial charge in [0.05, 0.1) is 20.8 Å². The molecule has 0 spiro atoms. The molecule has 1 N–H and O–H groups in total. The second-order valence-electron chi connectivity index (χ2n) is 5.13. The Labute approximate surface area is 126 Å². The number of pyridine rings is 1. The van der Waals surface area contributed by atoms with Crippen molar-refractivity contribution in [3.05, 3.63) is 47.8 Å². The molecule has 1 aromatic heterocycles. The number of methoxy groups -OCH3 is 2. The lowest BCUT2D eigenvalue weighted by Crippen LogP contribution is -2.05. The monoisotopic (exact) mass is 286 g/mol. The van der Waals surface area contributed by atoms with E-state index in [1.807, 2.05) is 0 Å². The van der Waals surface area contributed by atoms with Crippen molar-refractivity contribution in [3.63, 3.8) is 0 Å². The smallest absolute Gasteiger partial charge is 0.184 e. The van der Waals surface area contributed by atoms with Gasteiger partial charge >= 0.3 is 0 Å². The normalized spacial score (nSPS) is 10.5. The first-order valence-corrected chi connectivity index (χ1v) is 7.05. The molecule has 0 amide bonds. The van der Waals surface area contributed by atoms with Crippen molar-refractivity contribution in [3.8, 4) is 11.5 Å². The molecule has 2 rings (SSSR count). The fourth-order valence-corrected chi connectivity index (χ4v) is 2.17. The number of hydrogen-bond donors (Lipinski definition) is 1. The quantitative estimate of drug-likeness (QED) is 0.876. The zero-order valence-corrected chi connectivity index (χ0v) is 13.0. The Kier molecular flexibility index (Phi) is 5.04. The van der Waals surface area contributed by atoms with E-state index in [9.17, 15) is 0 Å². The molecule has 4 nitrogen and oxygen atoms in total. The lowest BCUT2D eigenvalue weighted by atomic mass is 10.0. The molecule has 2 aromatic rings. The molecule has 1 heterocycles. The van der Waals surface area contributed by atoms with Crippen LogP contribution in [0.15, 0.2) is 36.5 Å². The van der Waals surface area contributed by atoms with E-state index in [0.29, 0.717) is 24.0 Å². The number of ether oxygens (including phenoxy) is 2. The number of nitrogens with zero attached hydrogens (tertiary/aromatic N) is 1. The average molecular weight is 286 g/mol. The molecule has 0 saturated carbocycles. The van der Waals surface area contributed by atoms with E-state index >= 15 is 0 Å². The third-order valence-electron chi connectivity index (χ3n) is 3.38. The fraction of sp³-hybridized carbons (Fsp3) is 0.353. The van der Waals surface area contributed by atoms with E-state index in [1.54, 1.807) is 26.5 Å². The maximum absolute atomic E-state index is 5.39. The minimum atomic E-state index is 0.510. The van der Waals surface area contributed by atoms with Crippen LogP contribution in [-0.4, -0.2) is 19.2 Å². The first-order chi connectivity index (χ1) is 10.2. The first kappa shape index (κ1) is 15.2. The van der Waals surface area contributed by atoms with Gasteiger partial charge in [-0.05, 0) is 23.6 Å². The highest BCUT2D eigenvalue weighted by molar-refractivity contribution is 5.49. The predicted octanol–water partition coefficient (Wildman–Crippen LogP) is 3.83. The highest BCUT2D eigenvalue weighted by Crippen LogP contribution is 2.29. The van der Waals surface area contributed by atoms with Crippen molar-refractivity contribution in [1.29, 1.82) is 0 Å². The van der Waals surface area contributed by atoms with Crippen molar-refractivity contribution >= 4 is 5.69 Å². The fourth-order valence-electron chi connectivity index (χ4n) is 2.17. The van der Waals surface area contributed by atoms with E-state index in [0.717, 1.165) is 11.4 Å². The summed E-state index contributed by atoms with van der Waals surface area (Å²) in [6, 6.07) is 10.2. The Morgan fingerprint density at radius 1 is 1.14 bits per heavy atom. The van der Waals surface area contributed by atoms with Gasteiger partial charge in [-0.15, -0.1) is 0 Å². The summed E-state index contributed by atoms with van der Waals surface area (Å²) in [5.74, 6) is 1.88. The van der Waals surface area contributed by atoms with Gasteiger partial charge in [0.25, 0.3) is 0 Å². The number of nitrogens with one attached hydrogen (secondary N) is 1. The molecule has 0 aliphatic carbocycles. The van der Waals surface area contributed by atoms with Crippen LogP contribution in [-0.2, 0) is 6.54 Å². The van der Waals surface area contributed by atoms with Crippen LogP contribution in [0.4, 0.5) is 5.69 Å². The molecule has 0 unspecified atom stereocenters. The first-order valence-electron chi connectivity index (χ1n) is 7.05.